The van der Waals surface area contributed by atoms with Crippen LogP contribution in [0.4, 0.5) is 5.13 Å². The Labute approximate surface area is 245 Å². The molecule has 42 heavy (non-hydrogen) atoms. The highest BCUT2D eigenvalue weighted by molar-refractivity contribution is 7.14. The molecule has 0 aliphatic heterocycles. The predicted octanol–water partition coefficient (Wildman–Crippen LogP) is 6.89. The molecule has 0 bridgehead atoms. The molecule has 8 nitrogen and oxygen atoms in total. The molecule has 0 spiro atoms. The summed E-state index contributed by atoms with van der Waals surface area (Å²) in [6.07, 6.45) is 0. The van der Waals surface area contributed by atoms with Crippen molar-refractivity contribution in [2.24, 2.45) is 0 Å². The van der Waals surface area contributed by atoms with Gasteiger partial charge in [0.25, 0.3) is 5.91 Å². The molecule has 206 valence electrons. The van der Waals surface area contributed by atoms with Crippen LogP contribution in [0.25, 0.3) is 44.8 Å². The molecule has 0 saturated heterocycles. The van der Waals surface area contributed by atoms with Gasteiger partial charge in [0, 0.05) is 22.1 Å². The maximum Gasteiger partial charge on any atom is 0.338 e. The number of hydrogen-bond donors (Lipinski definition) is 1. The number of amides is 1. The van der Waals surface area contributed by atoms with Gasteiger partial charge in [0.2, 0.25) is 0 Å². The number of rotatable bonds is 8. The molecule has 0 aliphatic rings. The van der Waals surface area contributed by atoms with Crippen LogP contribution in [0.15, 0.2) is 109 Å². The molecule has 1 amide bonds. The fourth-order valence-electron chi connectivity index (χ4n) is 4.39. The minimum Gasteiger partial charge on any atom is -0.497 e. The van der Waals surface area contributed by atoms with E-state index in [1.54, 1.807) is 25.3 Å². The number of esters is 1. The topological polar surface area (TPSA) is 103 Å². The van der Waals surface area contributed by atoms with E-state index < -0.39 is 18.5 Å². The lowest BCUT2D eigenvalue weighted by Crippen LogP contribution is -2.20. The van der Waals surface area contributed by atoms with Gasteiger partial charge < -0.3 is 9.47 Å². The summed E-state index contributed by atoms with van der Waals surface area (Å²) >= 11 is 1.28. The van der Waals surface area contributed by atoms with Crippen molar-refractivity contribution in [3.63, 3.8) is 0 Å². The van der Waals surface area contributed by atoms with Gasteiger partial charge in [-0.15, -0.1) is 11.3 Å². The first kappa shape index (κ1) is 26.8. The van der Waals surface area contributed by atoms with E-state index in [0.29, 0.717) is 33.3 Å². The standard InChI is InChI=1S/C33H24N4O4S/c1-40-25-14-8-13-23(17-25)28-20-42-33(36-28)37-29(38)19-41-32(39)24-15-16-26-27(18-24)35-31(22-11-6-3-7-12-22)30(34-26)21-9-4-2-5-10-21/h2-18,20H,19H2,1H3,(H,36,37,38). The number of carbonyl (C=O) groups excluding carboxylic acids is 2. The Kier molecular flexibility index (Phi) is 7.65. The maximum atomic E-state index is 12.9. The third-order valence-corrected chi connectivity index (χ3v) is 7.20. The molecule has 0 saturated carbocycles. The predicted molar refractivity (Wildman–Crippen MR) is 163 cm³/mol. The van der Waals surface area contributed by atoms with Crippen molar-refractivity contribution in [2.75, 3.05) is 19.0 Å². The van der Waals surface area contributed by atoms with Crippen LogP contribution in [0.2, 0.25) is 0 Å². The van der Waals surface area contributed by atoms with Crippen molar-refractivity contribution in [1.82, 2.24) is 15.0 Å². The van der Waals surface area contributed by atoms with Crippen molar-refractivity contribution in [2.45, 2.75) is 0 Å². The van der Waals surface area contributed by atoms with E-state index >= 15 is 0 Å². The highest BCUT2D eigenvalue weighted by atomic mass is 32.1. The Balaban J connectivity index is 1.17. The van der Waals surface area contributed by atoms with E-state index in [4.69, 9.17) is 19.4 Å². The monoisotopic (exact) mass is 572 g/mol. The molecule has 9 heteroatoms. The number of carbonyl (C=O) groups is 2. The minimum atomic E-state index is -0.640. The van der Waals surface area contributed by atoms with Gasteiger partial charge in [-0.05, 0) is 30.3 Å². The first-order valence-corrected chi connectivity index (χ1v) is 13.9. The fourth-order valence-corrected chi connectivity index (χ4v) is 5.13. The van der Waals surface area contributed by atoms with Crippen molar-refractivity contribution < 1.29 is 19.1 Å². The third kappa shape index (κ3) is 5.86. The number of hydrogen-bond acceptors (Lipinski definition) is 8. The Morgan fingerprint density at radius 1 is 0.738 bits per heavy atom. The van der Waals surface area contributed by atoms with Crippen molar-refractivity contribution in [3.8, 4) is 39.5 Å². The van der Waals surface area contributed by atoms with E-state index in [9.17, 15) is 9.59 Å². The lowest BCUT2D eigenvalue weighted by Gasteiger charge is -2.11. The van der Waals surface area contributed by atoms with Crippen LogP contribution >= 0.6 is 11.3 Å². The van der Waals surface area contributed by atoms with Crippen molar-refractivity contribution in [3.05, 3.63) is 114 Å². The number of nitrogens with one attached hydrogen (secondary N) is 1. The lowest BCUT2D eigenvalue weighted by molar-refractivity contribution is -0.119. The smallest absolute Gasteiger partial charge is 0.338 e. The summed E-state index contributed by atoms with van der Waals surface area (Å²) in [7, 11) is 1.60. The van der Waals surface area contributed by atoms with E-state index in [2.05, 4.69) is 10.3 Å². The van der Waals surface area contributed by atoms with Gasteiger partial charge >= 0.3 is 5.97 Å². The second-order valence-electron chi connectivity index (χ2n) is 9.25. The van der Waals surface area contributed by atoms with E-state index in [1.807, 2.05) is 90.3 Å². The van der Waals surface area contributed by atoms with Gasteiger partial charge in [-0.2, -0.15) is 0 Å². The molecule has 4 aromatic carbocycles. The number of benzene rings is 4. The molecule has 1 N–H and O–H groups in total. The Morgan fingerprint density at radius 2 is 1.40 bits per heavy atom. The normalized spacial score (nSPS) is 10.8. The van der Waals surface area contributed by atoms with Crippen LogP contribution in [0.5, 0.6) is 5.75 Å². The van der Waals surface area contributed by atoms with Gasteiger partial charge in [-0.25, -0.2) is 19.7 Å². The number of aromatic nitrogens is 3. The first-order chi connectivity index (χ1) is 20.6. The van der Waals surface area contributed by atoms with Crippen LogP contribution < -0.4 is 10.1 Å². The Bertz CT molecular complexity index is 1890. The molecule has 6 rings (SSSR count). The summed E-state index contributed by atoms with van der Waals surface area (Å²) in [5, 5.41) is 4.92. The van der Waals surface area contributed by atoms with Crippen LogP contribution in [0, 0.1) is 0 Å². The molecule has 0 aliphatic carbocycles. The summed E-state index contributed by atoms with van der Waals surface area (Å²) in [5.41, 5.74) is 6.32. The Hall–Kier alpha value is -5.41. The maximum absolute atomic E-state index is 12.9. The summed E-state index contributed by atoms with van der Waals surface area (Å²) in [6.45, 7) is -0.459. The second-order valence-corrected chi connectivity index (χ2v) is 10.1. The molecule has 0 radical (unpaired) electrons. The van der Waals surface area contributed by atoms with Crippen LogP contribution in [-0.2, 0) is 9.53 Å². The van der Waals surface area contributed by atoms with Crippen LogP contribution in [0.1, 0.15) is 10.4 Å². The summed E-state index contributed by atoms with van der Waals surface area (Å²) in [4.78, 5) is 39.6. The quantitative estimate of drug-likeness (QED) is 0.198. The molecule has 6 aromatic rings. The average Bonchev–Trinajstić information content (AvgIpc) is 3.52. The van der Waals surface area contributed by atoms with Crippen LogP contribution in [-0.4, -0.2) is 40.5 Å². The van der Waals surface area contributed by atoms with Gasteiger partial charge in [0.1, 0.15) is 5.75 Å². The van der Waals surface area contributed by atoms with Crippen molar-refractivity contribution in [1.29, 1.82) is 0 Å². The summed E-state index contributed by atoms with van der Waals surface area (Å²) in [5.74, 6) is -0.418. The van der Waals surface area contributed by atoms with Gasteiger partial charge in [-0.1, -0.05) is 72.8 Å². The zero-order chi connectivity index (χ0) is 28.9. The van der Waals surface area contributed by atoms with Crippen LogP contribution in [0.3, 0.4) is 0 Å². The summed E-state index contributed by atoms with van der Waals surface area (Å²) in [6, 6.07) is 32.1. The minimum absolute atomic E-state index is 0.269. The van der Waals surface area contributed by atoms with Gasteiger partial charge in [0.15, 0.2) is 11.7 Å². The van der Waals surface area contributed by atoms with Gasteiger partial charge in [-0.3, -0.25) is 10.1 Å². The van der Waals surface area contributed by atoms with Crippen molar-refractivity contribution >= 4 is 39.4 Å². The fraction of sp³-hybridized carbons (Fsp3) is 0.0606. The molecular weight excluding hydrogens is 548 g/mol. The summed E-state index contributed by atoms with van der Waals surface area (Å²) < 4.78 is 10.6. The van der Waals surface area contributed by atoms with Gasteiger partial charge in [0.05, 0.1) is 40.8 Å². The average molecular weight is 573 g/mol. The van der Waals surface area contributed by atoms with E-state index in [-0.39, 0.29) is 5.56 Å². The molecule has 0 unspecified atom stereocenters. The first-order valence-electron chi connectivity index (χ1n) is 13.1. The Morgan fingerprint density at radius 3 is 2.10 bits per heavy atom. The highest BCUT2D eigenvalue weighted by Crippen LogP contribution is 2.31. The molecule has 0 atom stereocenters. The SMILES string of the molecule is COc1cccc(-c2csc(NC(=O)COC(=O)c3ccc4nc(-c5ccccc5)c(-c5ccccc5)nc4c3)n2)c1. The zero-order valence-electron chi connectivity index (χ0n) is 22.5. The number of ether oxygens (including phenoxy) is 2. The number of nitrogens with zero attached hydrogens (tertiary/aromatic N) is 3. The number of anilines is 1. The largest absolute Gasteiger partial charge is 0.497 e. The second kappa shape index (κ2) is 12.0. The zero-order valence-corrected chi connectivity index (χ0v) is 23.3. The molecule has 0 fully saturated rings. The molecular formula is C33H24N4O4S. The third-order valence-electron chi connectivity index (χ3n) is 6.44. The molecule has 2 heterocycles. The van der Waals surface area contributed by atoms with E-state index in [0.717, 1.165) is 22.4 Å². The lowest BCUT2D eigenvalue weighted by atomic mass is 10.0. The number of methoxy groups -OCH3 is 1. The highest BCUT2D eigenvalue weighted by Gasteiger charge is 2.17. The number of fused-ring (bicyclic) bond motifs is 1. The van der Waals surface area contributed by atoms with E-state index in [1.165, 1.54) is 11.3 Å². The number of thiazole rings is 1. The molecule has 2 aromatic heterocycles.